The maximum Gasteiger partial charge on any atom is 0.421 e. The summed E-state index contributed by atoms with van der Waals surface area (Å²) < 4.78 is 52.0. The van der Waals surface area contributed by atoms with Crippen molar-refractivity contribution >= 4 is 23.1 Å². The molecule has 3 rings (SSSR count). The Balaban J connectivity index is 1.70. The van der Waals surface area contributed by atoms with E-state index in [1.807, 2.05) is 0 Å². The van der Waals surface area contributed by atoms with Gasteiger partial charge in [-0.2, -0.15) is 18.2 Å². The van der Waals surface area contributed by atoms with Crippen LogP contribution in [0.25, 0.3) is 0 Å². The van der Waals surface area contributed by atoms with Gasteiger partial charge in [0.15, 0.2) is 0 Å². The number of hydrogen-bond donors (Lipinski definition) is 2. The van der Waals surface area contributed by atoms with E-state index in [-0.39, 0.29) is 11.8 Å². The number of aromatic nitrogens is 2. The predicted molar refractivity (Wildman–Crippen MR) is 132 cm³/mol. The van der Waals surface area contributed by atoms with Crippen molar-refractivity contribution in [3.8, 4) is 11.5 Å². The number of anilines is 4. The van der Waals surface area contributed by atoms with Crippen LogP contribution in [0, 0.1) is 0 Å². The van der Waals surface area contributed by atoms with Crippen LogP contribution < -0.4 is 20.1 Å². The molecule has 0 atom stereocenters. The van der Waals surface area contributed by atoms with Crippen LogP contribution in [0.5, 0.6) is 11.5 Å². The van der Waals surface area contributed by atoms with Gasteiger partial charge in [0.1, 0.15) is 22.9 Å². The number of benzene rings is 2. The molecule has 0 saturated heterocycles. The lowest BCUT2D eigenvalue weighted by atomic mass is 10.2. The van der Waals surface area contributed by atoms with Crippen LogP contribution >= 0.6 is 0 Å². The molecule has 9 heteroatoms. The standard InChI is InChI=1S/C26H31F3N4O2/c1-3-5-7-17-35-22-14-10-20(11-15-22)32-25-30-18-23(26(27,28)29)24(33-25)31-19-8-12-21(13-9-19)34-16-6-4-2/h8-15,18H,3-7,16-17H2,1-2H3,(H2,30,31,32,33). The van der Waals surface area contributed by atoms with Gasteiger partial charge < -0.3 is 20.1 Å². The SMILES string of the molecule is CCCCCOc1ccc(Nc2ncc(C(F)(F)F)c(Nc3ccc(OCCCC)cc3)n2)cc1. The fourth-order valence-electron chi connectivity index (χ4n) is 3.16. The van der Waals surface area contributed by atoms with E-state index < -0.39 is 11.7 Å². The van der Waals surface area contributed by atoms with E-state index in [0.29, 0.717) is 30.3 Å². The number of alkyl halides is 3. The Hall–Kier alpha value is -3.49. The first-order valence-electron chi connectivity index (χ1n) is 11.8. The molecule has 1 aromatic heterocycles. The zero-order valence-electron chi connectivity index (χ0n) is 20.0. The second-order valence-electron chi connectivity index (χ2n) is 8.01. The molecule has 1 heterocycles. The zero-order chi connectivity index (χ0) is 25.1. The lowest BCUT2D eigenvalue weighted by Gasteiger charge is -2.15. The van der Waals surface area contributed by atoms with Crippen LogP contribution in [0.15, 0.2) is 54.7 Å². The number of hydrogen-bond acceptors (Lipinski definition) is 6. The molecule has 188 valence electrons. The van der Waals surface area contributed by atoms with Gasteiger partial charge in [0, 0.05) is 17.6 Å². The molecule has 0 radical (unpaired) electrons. The summed E-state index contributed by atoms with van der Waals surface area (Å²) in [4.78, 5) is 7.95. The summed E-state index contributed by atoms with van der Waals surface area (Å²) in [6, 6.07) is 13.8. The molecule has 0 aliphatic rings. The molecular weight excluding hydrogens is 457 g/mol. The van der Waals surface area contributed by atoms with Crippen LogP contribution in [-0.2, 0) is 6.18 Å². The fourth-order valence-corrected chi connectivity index (χ4v) is 3.16. The minimum absolute atomic E-state index is 0.0385. The first kappa shape index (κ1) is 26.1. The molecule has 0 aliphatic carbocycles. The van der Waals surface area contributed by atoms with E-state index >= 15 is 0 Å². The van der Waals surface area contributed by atoms with Crippen LogP contribution in [0.2, 0.25) is 0 Å². The van der Waals surface area contributed by atoms with Gasteiger partial charge >= 0.3 is 6.18 Å². The molecule has 0 bridgehead atoms. The van der Waals surface area contributed by atoms with Crippen LogP contribution in [-0.4, -0.2) is 23.2 Å². The van der Waals surface area contributed by atoms with Gasteiger partial charge in [-0.1, -0.05) is 33.1 Å². The second kappa shape index (κ2) is 12.8. The molecule has 2 N–H and O–H groups in total. The van der Waals surface area contributed by atoms with Gasteiger partial charge in [-0.25, -0.2) is 4.98 Å². The third-order valence-electron chi connectivity index (χ3n) is 5.10. The highest BCUT2D eigenvalue weighted by atomic mass is 19.4. The molecule has 3 aromatic rings. The number of ether oxygens (including phenoxy) is 2. The van der Waals surface area contributed by atoms with Gasteiger partial charge in [-0.15, -0.1) is 0 Å². The zero-order valence-corrected chi connectivity index (χ0v) is 20.0. The molecule has 0 amide bonds. The van der Waals surface area contributed by atoms with Crippen LogP contribution in [0.4, 0.5) is 36.3 Å². The summed E-state index contributed by atoms with van der Waals surface area (Å²) in [5, 5.41) is 5.70. The predicted octanol–water partition coefficient (Wildman–Crippen LogP) is 7.73. The Kier molecular flexibility index (Phi) is 9.57. The van der Waals surface area contributed by atoms with Crippen LogP contribution in [0.3, 0.4) is 0 Å². The molecule has 0 unspecified atom stereocenters. The van der Waals surface area contributed by atoms with Gasteiger partial charge in [-0.05, 0) is 61.4 Å². The van der Waals surface area contributed by atoms with E-state index in [9.17, 15) is 13.2 Å². The fraction of sp³-hybridized carbons (Fsp3) is 0.385. The minimum Gasteiger partial charge on any atom is -0.494 e. The third-order valence-corrected chi connectivity index (χ3v) is 5.10. The average molecular weight is 489 g/mol. The molecule has 0 aliphatic heterocycles. The van der Waals surface area contributed by atoms with E-state index in [1.54, 1.807) is 48.5 Å². The molecule has 0 fully saturated rings. The molecule has 6 nitrogen and oxygen atoms in total. The lowest BCUT2D eigenvalue weighted by Crippen LogP contribution is -2.12. The normalized spacial score (nSPS) is 11.2. The Morgan fingerprint density at radius 3 is 1.83 bits per heavy atom. The van der Waals surface area contributed by atoms with Gasteiger partial charge in [0.05, 0.1) is 13.2 Å². The molecule has 35 heavy (non-hydrogen) atoms. The molecule has 0 spiro atoms. The monoisotopic (exact) mass is 488 g/mol. The number of halogens is 3. The Bertz CT molecular complexity index is 1040. The lowest BCUT2D eigenvalue weighted by molar-refractivity contribution is -0.137. The van der Waals surface area contributed by atoms with Gasteiger partial charge in [0.2, 0.25) is 5.95 Å². The topological polar surface area (TPSA) is 68.3 Å². The highest BCUT2D eigenvalue weighted by molar-refractivity contribution is 5.63. The molecule has 2 aromatic carbocycles. The second-order valence-corrected chi connectivity index (χ2v) is 8.01. The number of unbranched alkanes of at least 4 members (excludes halogenated alkanes) is 3. The Labute approximate surface area is 203 Å². The number of rotatable bonds is 13. The van der Waals surface area contributed by atoms with E-state index in [4.69, 9.17) is 9.47 Å². The minimum atomic E-state index is -4.61. The number of nitrogens with one attached hydrogen (secondary N) is 2. The van der Waals surface area contributed by atoms with Crippen molar-refractivity contribution in [2.75, 3.05) is 23.8 Å². The first-order chi connectivity index (χ1) is 16.9. The smallest absolute Gasteiger partial charge is 0.421 e. The third kappa shape index (κ3) is 8.35. The maximum absolute atomic E-state index is 13.6. The molecular formula is C26H31F3N4O2. The van der Waals surface area contributed by atoms with Gasteiger partial charge in [-0.3, -0.25) is 0 Å². The summed E-state index contributed by atoms with van der Waals surface area (Å²) in [5.74, 6) is 1.08. The Morgan fingerprint density at radius 2 is 1.29 bits per heavy atom. The summed E-state index contributed by atoms with van der Waals surface area (Å²) >= 11 is 0. The average Bonchev–Trinajstić information content (AvgIpc) is 2.83. The highest BCUT2D eigenvalue weighted by Gasteiger charge is 2.35. The number of nitrogens with zero attached hydrogens (tertiary/aromatic N) is 2. The largest absolute Gasteiger partial charge is 0.494 e. The Morgan fingerprint density at radius 1 is 0.743 bits per heavy atom. The van der Waals surface area contributed by atoms with Crippen molar-refractivity contribution in [2.45, 2.75) is 52.1 Å². The summed E-state index contributed by atoms with van der Waals surface area (Å²) in [7, 11) is 0. The van der Waals surface area contributed by atoms with E-state index in [2.05, 4.69) is 34.4 Å². The highest BCUT2D eigenvalue weighted by Crippen LogP contribution is 2.35. The summed E-state index contributed by atoms with van der Waals surface area (Å²) in [5.41, 5.74) is 0.125. The van der Waals surface area contributed by atoms with E-state index in [1.165, 1.54) is 0 Å². The maximum atomic E-state index is 13.6. The first-order valence-corrected chi connectivity index (χ1v) is 11.8. The van der Waals surface area contributed by atoms with Crippen molar-refractivity contribution in [2.24, 2.45) is 0 Å². The van der Waals surface area contributed by atoms with Crippen molar-refractivity contribution in [3.63, 3.8) is 0 Å². The van der Waals surface area contributed by atoms with E-state index in [0.717, 1.165) is 44.1 Å². The van der Waals surface area contributed by atoms with Crippen LogP contribution in [0.1, 0.15) is 51.5 Å². The molecule has 0 saturated carbocycles. The van der Waals surface area contributed by atoms with Crippen molar-refractivity contribution in [3.05, 3.63) is 60.3 Å². The summed E-state index contributed by atoms with van der Waals surface area (Å²) in [6.45, 7) is 5.43. The summed E-state index contributed by atoms with van der Waals surface area (Å²) in [6.07, 6.45) is 1.32. The van der Waals surface area contributed by atoms with Crippen molar-refractivity contribution in [1.82, 2.24) is 9.97 Å². The van der Waals surface area contributed by atoms with Crippen molar-refractivity contribution in [1.29, 1.82) is 0 Å². The van der Waals surface area contributed by atoms with Crippen molar-refractivity contribution < 1.29 is 22.6 Å². The quantitative estimate of drug-likeness (QED) is 0.240. The van der Waals surface area contributed by atoms with Gasteiger partial charge in [0.25, 0.3) is 0 Å².